The fraction of sp³-hybridized carbons (Fsp3) is 0.176. The van der Waals surface area contributed by atoms with E-state index in [-0.39, 0.29) is 22.4 Å². The van der Waals surface area contributed by atoms with E-state index in [1.807, 2.05) is 6.07 Å². The largest absolute Gasteiger partial charge is 0.468 e. The number of thioether (sulfide) groups is 1. The molecule has 0 radical (unpaired) electrons. The van der Waals surface area contributed by atoms with Gasteiger partial charge in [0, 0.05) is 11.8 Å². The van der Waals surface area contributed by atoms with E-state index < -0.39 is 10.0 Å². The second kappa shape index (κ2) is 8.31. The molecule has 0 atom stereocenters. The topological polar surface area (TPSA) is 114 Å². The molecule has 10 heteroatoms. The Balaban J connectivity index is 1.53. The average molecular weight is 407 g/mol. The number of amides is 1. The number of aryl methyl sites for hydroxylation is 1. The number of hydrogen-bond donors (Lipinski definition) is 2. The van der Waals surface area contributed by atoms with Crippen LogP contribution in [0.4, 0.5) is 11.5 Å². The summed E-state index contributed by atoms with van der Waals surface area (Å²) in [5.74, 6) is 2.09. The zero-order chi connectivity index (χ0) is 19.3. The summed E-state index contributed by atoms with van der Waals surface area (Å²) in [5, 5.41) is 6.32. The number of anilines is 2. The van der Waals surface area contributed by atoms with Crippen molar-refractivity contribution in [1.82, 2.24) is 5.16 Å². The monoisotopic (exact) mass is 407 g/mol. The molecular formula is C17H17N3O5S2. The van der Waals surface area contributed by atoms with Gasteiger partial charge in [0.25, 0.3) is 10.0 Å². The minimum atomic E-state index is -3.78. The van der Waals surface area contributed by atoms with Crippen LogP contribution in [0.15, 0.2) is 62.6 Å². The Morgan fingerprint density at radius 1 is 1.22 bits per heavy atom. The van der Waals surface area contributed by atoms with Crippen molar-refractivity contribution in [2.75, 3.05) is 15.8 Å². The lowest BCUT2D eigenvalue weighted by Crippen LogP contribution is -2.15. The summed E-state index contributed by atoms with van der Waals surface area (Å²) in [6.07, 6.45) is 1.59. The Morgan fingerprint density at radius 2 is 2.00 bits per heavy atom. The molecule has 0 spiro atoms. The third kappa shape index (κ3) is 5.38. The lowest BCUT2D eigenvalue weighted by Gasteiger charge is -2.07. The minimum absolute atomic E-state index is 0.0494. The number of sulfonamides is 1. The predicted octanol–water partition coefficient (Wildman–Crippen LogP) is 3.25. The molecule has 2 N–H and O–H groups in total. The zero-order valence-corrected chi connectivity index (χ0v) is 16.0. The molecule has 2 heterocycles. The summed E-state index contributed by atoms with van der Waals surface area (Å²) in [6, 6.07) is 11.0. The normalized spacial score (nSPS) is 11.3. The van der Waals surface area contributed by atoms with Crippen LogP contribution in [0.3, 0.4) is 0 Å². The molecule has 1 aromatic carbocycles. The Labute approximate surface area is 160 Å². The third-order valence-electron chi connectivity index (χ3n) is 3.37. The van der Waals surface area contributed by atoms with Gasteiger partial charge in [-0.3, -0.25) is 9.52 Å². The number of furan rings is 1. The minimum Gasteiger partial charge on any atom is -0.468 e. The molecule has 2 aromatic heterocycles. The second-order valence-electron chi connectivity index (χ2n) is 5.57. The maximum atomic E-state index is 12.3. The Bertz CT molecular complexity index is 996. The summed E-state index contributed by atoms with van der Waals surface area (Å²) in [6.45, 7) is 1.66. The maximum Gasteiger partial charge on any atom is 0.263 e. The first-order valence-corrected chi connectivity index (χ1v) is 10.5. The van der Waals surface area contributed by atoms with E-state index in [1.165, 1.54) is 42.1 Å². The van der Waals surface area contributed by atoms with Crippen LogP contribution in [0.1, 0.15) is 11.5 Å². The highest BCUT2D eigenvalue weighted by atomic mass is 32.2. The van der Waals surface area contributed by atoms with Crippen LogP contribution < -0.4 is 10.0 Å². The maximum absolute atomic E-state index is 12.3. The van der Waals surface area contributed by atoms with Crippen LogP contribution in [0.2, 0.25) is 0 Å². The molecule has 8 nitrogen and oxygen atoms in total. The number of carbonyl (C=O) groups excluding carboxylic acids is 1. The molecule has 142 valence electrons. The highest BCUT2D eigenvalue weighted by Crippen LogP contribution is 2.19. The van der Waals surface area contributed by atoms with Gasteiger partial charge in [0.05, 0.1) is 22.7 Å². The number of rotatable bonds is 8. The van der Waals surface area contributed by atoms with Crippen LogP contribution in [-0.4, -0.2) is 25.2 Å². The lowest BCUT2D eigenvalue weighted by atomic mass is 10.3. The first kappa shape index (κ1) is 19.1. The van der Waals surface area contributed by atoms with Gasteiger partial charge in [-0.25, -0.2) is 8.42 Å². The van der Waals surface area contributed by atoms with Gasteiger partial charge in [-0.2, -0.15) is 0 Å². The molecule has 0 fully saturated rings. The van der Waals surface area contributed by atoms with E-state index in [0.717, 1.165) is 5.76 Å². The number of nitrogens with one attached hydrogen (secondary N) is 2. The number of aromatic nitrogens is 1. The number of benzene rings is 1. The highest BCUT2D eigenvalue weighted by molar-refractivity contribution is 7.99. The molecule has 0 aliphatic rings. The molecule has 3 aromatic rings. The van der Waals surface area contributed by atoms with Crippen LogP contribution in [-0.2, 0) is 20.6 Å². The molecule has 0 aliphatic carbocycles. The molecule has 27 heavy (non-hydrogen) atoms. The van der Waals surface area contributed by atoms with Gasteiger partial charge in [0.1, 0.15) is 11.5 Å². The van der Waals surface area contributed by atoms with Crippen molar-refractivity contribution in [3.8, 4) is 0 Å². The second-order valence-corrected chi connectivity index (χ2v) is 8.24. The van der Waals surface area contributed by atoms with E-state index >= 15 is 0 Å². The molecule has 0 saturated carbocycles. The number of carbonyl (C=O) groups is 1. The molecule has 1 amide bonds. The zero-order valence-electron chi connectivity index (χ0n) is 14.3. The molecule has 0 bridgehead atoms. The summed E-state index contributed by atoms with van der Waals surface area (Å²) >= 11 is 1.42. The third-order valence-corrected chi connectivity index (χ3v) is 5.70. The SMILES string of the molecule is Cc1cc(NS(=O)(=O)c2ccc(NC(=O)CSCc3ccco3)cc2)no1. The summed E-state index contributed by atoms with van der Waals surface area (Å²) in [4.78, 5) is 12.0. The summed E-state index contributed by atoms with van der Waals surface area (Å²) in [7, 11) is -3.78. The Kier molecular flexibility index (Phi) is 5.87. The van der Waals surface area contributed by atoms with Crippen molar-refractivity contribution in [3.63, 3.8) is 0 Å². The van der Waals surface area contributed by atoms with E-state index in [4.69, 9.17) is 8.94 Å². The average Bonchev–Trinajstić information content (AvgIpc) is 3.27. The van der Waals surface area contributed by atoms with E-state index in [1.54, 1.807) is 19.3 Å². The van der Waals surface area contributed by atoms with Crippen LogP contribution >= 0.6 is 11.8 Å². The van der Waals surface area contributed by atoms with Crippen molar-refractivity contribution in [2.24, 2.45) is 0 Å². The van der Waals surface area contributed by atoms with Crippen molar-refractivity contribution in [3.05, 3.63) is 60.2 Å². The standard InChI is InChI=1S/C17H17N3O5S2/c1-12-9-16(19-25-12)20-27(22,23)15-6-4-13(5-7-15)18-17(21)11-26-10-14-3-2-8-24-14/h2-9H,10-11H2,1H3,(H,18,21)(H,19,20). The Morgan fingerprint density at radius 3 is 2.63 bits per heavy atom. The number of hydrogen-bond acceptors (Lipinski definition) is 7. The van der Waals surface area contributed by atoms with Gasteiger partial charge in [0.15, 0.2) is 5.82 Å². The van der Waals surface area contributed by atoms with E-state index in [9.17, 15) is 13.2 Å². The fourth-order valence-electron chi connectivity index (χ4n) is 2.16. The van der Waals surface area contributed by atoms with E-state index in [0.29, 0.717) is 17.2 Å². The fourth-order valence-corrected chi connectivity index (χ4v) is 3.87. The summed E-state index contributed by atoms with van der Waals surface area (Å²) in [5.41, 5.74) is 0.509. The first-order chi connectivity index (χ1) is 12.9. The highest BCUT2D eigenvalue weighted by Gasteiger charge is 2.16. The van der Waals surface area contributed by atoms with Gasteiger partial charge in [-0.1, -0.05) is 5.16 Å². The number of nitrogens with zero attached hydrogens (tertiary/aromatic N) is 1. The Hall–Kier alpha value is -2.72. The van der Waals surface area contributed by atoms with Crippen molar-refractivity contribution < 1.29 is 22.2 Å². The first-order valence-electron chi connectivity index (χ1n) is 7.88. The smallest absolute Gasteiger partial charge is 0.263 e. The van der Waals surface area contributed by atoms with Crippen LogP contribution in [0, 0.1) is 6.92 Å². The quantitative estimate of drug-likeness (QED) is 0.589. The van der Waals surface area contributed by atoms with Crippen molar-refractivity contribution in [2.45, 2.75) is 17.6 Å². The molecule has 0 saturated heterocycles. The lowest BCUT2D eigenvalue weighted by molar-refractivity contribution is -0.113. The van der Waals surface area contributed by atoms with Crippen LogP contribution in [0.5, 0.6) is 0 Å². The van der Waals surface area contributed by atoms with Gasteiger partial charge in [-0.15, -0.1) is 11.8 Å². The van der Waals surface area contributed by atoms with E-state index in [2.05, 4.69) is 15.2 Å². The van der Waals surface area contributed by atoms with Crippen LogP contribution in [0.25, 0.3) is 0 Å². The van der Waals surface area contributed by atoms with Crippen molar-refractivity contribution in [1.29, 1.82) is 0 Å². The van der Waals surface area contributed by atoms with Crippen molar-refractivity contribution >= 4 is 39.2 Å². The predicted molar refractivity (Wildman–Crippen MR) is 102 cm³/mol. The molecule has 0 unspecified atom stereocenters. The van der Waals surface area contributed by atoms with Gasteiger partial charge < -0.3 is 14.3 Å². The van der Waals surface area contributed by atoms with Gasteiger partial charge in [-0.05, 0) is 43.3 Å². The van der Waals surface area contributed by atoms with Gasteiger partial charge in [0.2, 0.25) is 5.91 Å². The van der Waals surface area contributed by atoms with Gasteiger partial charge >= 0.3 is 0 Å². The molecular weight excluding hydrogens is 390 g/mol. The summed E-state index contributed by atoms with van der Waals surface area (Å²) < 4.78 is 37.0. The molecule has 0 aliphatic heterocycles. The molecule has 3 rings (SSSR count).